The van der Waals surface area contributed by atoms with E-state index in [2.05, 4.69) is 0 Å². The highest BCUT2D eigenvalue weighted by Gasteiger charge is 2.15. The molecule has 3 rings (SSSR count). The topological polar surface area (TPSA) is 92.2 Å². The van der Waals surface area contributed by atoms with Gasteiger partial charge in [-0.3, -0.25) is 0 Å². The molecule has 0 fully saturated rings. The van der Waals surface area contributed by atoms with Crippen LogP contribution in [0.4, 0.5) is 8.78 Å². The molecule has 0 N–H and O–H groups in total. The molecular weight excluding hydrogens is 374 g/mol. The molecule has 130 valence electrons. The number of benzene rings is 2. The van der Waals surface area contributed by atoms with Crippen LogP contribution in [0, 0.1) is 21.9 Å². The lowest BCUT2D eigenvalue weighted by atomic mass is 10.1. The van der Waals surface area contributed by atoms with E-state index in [9.17, 15) is 8.78 Å². The minimum Gasteiger partial charge on any atom is -0.222 e. The summed E-state index contributed by atoms with van der Waals surface area (Å²) < 4.78 is 59.9. The summed E-state index contributed by atoms with van der Waals surface area (Å²) in [4.78, 5) is 2.10. The van der Waals surface area contributed by atoms with E-state index in [-0.39, 0.29) is 11.6 Å². The van der Waals surface area contributed by atoms with E-state index >= 15 is 0 Å². The maximum Gasteiger partial charge on any atom is 0.238 e. The van der Waals surface area contributed by atoms with Crippen LogP contribution in [0.1, 0.15) is 0 Å². The zero-order valence-electron chi connectivity index (χ0n) is 12.5. The van der Waals surface area contributed by atoms with Gasteiger partial charge in [-0.05, 0) is 48.5 Å². The van der Waals surface area contributed by atoms with Gasteiger partial charge in [0.1, 0.15) is 11.6 Å². The fourth-order valence-corrected chi connectivity index (χ4v) is 2.99. The van der Waals surface area contributed by atoms with Crippen LogP contribution in [0.3, 0.4) is 0 Å². The first-order chi connectivity index (χ1) is 11.7. The summed E-state index contributed by atoms with van der Waals surface area (Å²) in [5.74, 6) is -0.484. The Kier molecular flexibility index (Phi) is 6.49. The molecule has 0 saturated carbocycles. The van der Waals surface area contributed by atoms with Crippen LogP contribution < -0.4 is 18.6 Å². The molecule has 0 spiro atoms. The molecule has 0 aliphatic heterocycles. The van der Waals surface area contributed by atoms with Crippen molar-refractivity contribution in [1.82, 2.24) is 0 Å². The molecule has 25 heavy (non-hydrogen) atoms. The van der Waals surface area contributed by atoms with Crippen molar-refractivity contribution >= 4 is 11.3 Å². The molecule has 0 atom stereocenters. The standard InChI is InChI=1S/C17H11F2S.ClHO4/c18-14-8-4-12(5-9-14)16-2-1-3-17(20-16)13-6-10-15(19)11-7-13;2-1(3,4)5/h1-11H;(H,2,3,4,5)/q+1;/p-1. The van der Waals surface area contributed by atoms with Gasteiger partial charge in [-0.15, -0.1) is 10.2 Å². The Hall–Kier alpha value is -2.00. The van der Waals surface area contributed by atoms with Crippen LogP contribution in [-0.2, 0) is 0 Å². The largest absolute Gasteiger partial charge is 0.238 e. The van der Waals surface area contributed by atoms with Crippen molar-refractivity contribution in [3.8, 4) is 20.9 Å². The lowest BCUT2D eigenvalue weighted by Crippen LogP contribution is -2.68. The molecule has 0 unspecified atom stereocenters. The fourth-order valence-electron chi connectivity index (χ4n) is 1.95. The van der Waals surface area contributed by atoms with Crippen molar-refractivity contribution in [1.29, 1.82) is 0 Å². The predicted molar refractivity (Wildman–Crippen MR) is 79.5 cm³/mol. The molecule has 0 radical (unpaired) electrons. The highest BCUT2D eigenvalue weighted by atomic mass is 35.7. The van der Waals surface area contributed by atoms with Crippen LogP contribution in [0.25, 0.3) is 20.9 Å². The summed E-state index contributed by atoms with van der Waals surface area (Å²) in [5.41, 5.74) is 1.95. The Morgan fingerprint density at radius 3 is 1.24 bits per heavy atom. The number of hydrogen-bond acceptors (Lipinski definition) is 4. The van der Waals surface area contributed by atoms with E-state index in [1.807, 2.05) is 18.2 Å². The average Bonchev–Trinajstić information content (AvgIpc) is 2.55. The Morgan fingerprint density at radius 1 is 0.600 bits per heavy atom. The van der Waals surface area contributed by atoms with Gasteiger partial charge in [0, 0.05) is 23.3 Å². The first-order valence-corrected chi connectivity index (χ1v) is 8.84. The Morgan fingerprint density at radius 2 is 0.920 bits per heavy atom. The zero-order chi connectivity index (χ0) is 18.4. The molecule has 0 aliphatic rings. The van der Waals surface area contributed by atoms with Gasteiger partial charge in [0.2, 0.25) is 21.1 Å². The van der Waals surface area contributed by atoms with Crippen LogP contribution in [0.5, 0.6) is 0 Å². The first-order valence-electron chi connectivity index (χ1n) is 6.79. The van der Waals surface area contributed by atoms with Gasteiger partial charge >= 0.3 is 0 Å². The van der Waals surface area contributed by atoms with Gasteiger partial charge in [0.15, 0.2) is 0 Å². The summed E-state index contributed by atoms with van der Waals surface area (Å²) in [6, 6.07) is 18.8. The third kappa shape index (κ3) is 6.79. The Balaban J connectivity index is 0.000000399. The zero-order valence-corrected chi connectivity index (χ0v) is 14.1. The lowest BCUT2D eigenvalue weighted by Gasteiger charge is -2.17. The Bertz CT molecular complexity index is 755. The van der Waals surface area contributed by atoms with Crippen LogP contribution >= 0.6 is 11.3 Å². The van der Waals surface area contributed by atoms with Crippen molar-refractivity contribution in [2.75, 3.05) is 0 Å². The van der Waals surface area contributed by atoms with Crippen LogP contribution in [0.2, 0.25) is 0 Å². The summed E-state index contributed by atoms with van der Waals surface area (Å²) >= 11 is 1.60. The normalized spacial score (nSPS) is 10.8. The summed E-state index contributed by atoms with van der Waals surface area (Å²) in [6.45, 7) is 0. The summed E-state index contributed by atoms with van der Waals surface area (Å²) in [5, 5.41) is 0. The third-order valence-electron chi connectivity index (χ3n) is 2.97. The smallest absolute Gasteiger partial charge is 0.222 e. The molecular formula is C17H11ClF2O4S. The quantitative estimate of drug-likeness (QED) is 0.613. The van der Waals surface area contributed by atoms with E-state index < -0.39 is 10.2 Å². The van der Waals surface area contributed by atoms with Crippen molar-refractivity contribution < 1.29 is 37.7 Å². The highest BCUT2D eigenvalue weighted by Crippen LogP contribution is 2.32. The molecule has 0 aliphatic carbocycles. The minimum absolute atomic E-state index is 0.242. The van der Waals surface area contributed by atoms with Gasteiger partial charge in [-0.1, -0.05) is 6.07 Å². The molecule has 1 aromatic heterocycles. The number of halogens is 3. The van der Waals surface area contributed by atoms with E-state index in [4.69, 9.17) is 18.6 Å². The SMILES string of the molecule is Fc1ccc(-c2cccc(-c3ccc(F)cc3)[s+]2)cc1.[O-][Cl+3]([O-])([O-])[O-]. The summed E-state index contributed by atoms with van der Waals surface area (Å²) in [7, 11) is -4.94. The predicted octanol–water partition coefficient (Wildman–Crippen LogP) is 0.885. The molecule has 3 aromatic rings. The second-order valence-electron chi connectivity index (χ2n) is 4.75. The van der Waals surface area contributed by atoms with Gasteiger partial charge in [-0.2, -0.15) is 0 Å². The molecule has 4 nitrogen and oxygen atoms in total. The maximum absolute atomic E-state index is 13.0. The van der Waals surface area contributed by atoms with E-state index in [1.54, 1.807) is 35.6 Å². The van der Waals surface area contributed by atoms with Crippen LogP contribution in [0.15, 0.2) is 66.7 Å². The molecule has 2 aromatic carbocycles. The minimum atomic E-state index is -4.94. The third-order valence-corrected chi connectivity index (χ3v) is 4.16. The van der Waals surface area contributed by atoms with Gasteiger partial charge < -0.3 is 0 Å². The number of rotatable bonds is 2. The first kappa shape index (κ1) is 19.3. The highest BCUT2D eigenvalue weighted by molar-refractivity contribution is 7.18. The Labute approximate surface area is 148 Å². The molecule has 1 heterocycles. The van der Waals surface area contributed by atoms with Crippen molar-refractivity contribution in [3.63, 3.8) is 0 Å². The van der Waals surface area contributed by atoms with Gasteiger partial charge in [0.05, 0.1) is 0 Å². The van der Waals surface area contributed by atoms with Gasteiger partial charge in [-0.25, -0.2) is 27.4 Å². The second-order valence-corrected chi connectivity index (χ2v) is 6.59. The molecule has 8 heteroatoms. The molecule has 0 bridgehead atoms. The van der Waals surface area contributed by atoms with Gasteiger partial charge in [0.25, 0.3) is 0 Å². The average molecular weight is 385 g/mol. The van der Waals surface area contributed by atoms with Crippen molar-refractivity contribution in [2.24, 2.45) is 0 Å². The fraction of sp³-hybridized carbons (Fsp3) is 0. The van der Waals surface area contributed by atoms with E-state index in [0.717, 1.165) is 20.9 Å². The van der Waals surface area contributed by atoms with Crippen LogP contribution in [-0.4, -0.2) is 0 Å². The molecule has 0 saturated heterocycles. The van der Waals surface area contributed by atoms with E-state index in [0.29, 0.717) is 0 Å². The maximum atomic E-state index is 13.0. The lowest BCUT2D eigenvalue weighted by molar-refractivity contribution is -2.00. The monoisotopic (exact) mass is 384 g/mol. The van der Waals surface area contributed by atoms with Crippen molar-refractivity contribution in [2.45, 2.75) is 0 Å². The van der Waals surface area contributed by atoms with E-state index in [1.165, 1.54) is 24.3 Å². The number of hydrogen-bond donors (Lipinski definition) is 0. The van der Waals surface area contributed by atoms with Crippen molar-refractivity contribution in [3.05, 3.63) is 78.4 Å². The summed E-state index contributed by atoms with van der Waals surface area (Å²) in [6.07, 6.45) is 0. The second kappa shape index (κ2) is 8.39. The molecule has 0 amide bonds.